The number of rotatable bonds is 4. The van der Waals surface area contributed by atoms with Crippen LogP contribution in [0.15, 0.2) is 0 Å². The first-order chi connectivity index (χ1) is 4.83. The van der Waals surface area contributed by atoms with Gasteiger partial charge in [-0.3, -0.25) is 4.57 Å². The van der Waals surface area contributed by atoms with Crippen molar-refractivity contribution in [2.45, 2.75) is 6.10 Å². The number of aliphatic hydroxyl groups excluding tert-OH is 1. The Kier molecular flexibility index (Phi) is 3.64. The zero-order chi connectivity index (χ0) is 9.07. The van der Waals surface area contributed by atoms with Gasteiger partial charge < -0.3 is 24.5 Å². The number of hydrogen-bond acceptors (Lipinski definition) is 5. The normalized spacial score (nSPS) is 18.8. The molecule has 0 heterocycles. The first kappa shape index (κ1) is 10.5. The lowest BCUT2D eigenvalue weighted by Gasteiger charge is -2.16. The van der Waals surface area contributed by atoms with Crippen LogP contribution in [0.4, 0.5) is 0 Å². The van der Waals surface area contributed by atoms with E-state index in [1.165, 1.54) is 0 Å². The van der Waals surface area contributed by atoms with Crippen molar-refractivity contribution in [1.82, 2.24) is 0 Å². The molecular formula is C3H6O7P-. The van der Waals surface area contributed by atoms with Gasteiger partial charge in [0, 0.05) is 0 Å². The Bertz CT molecular complexity index is 182. The molecule has 0 saturated carbocycles. The summed E-state index contributed by atoms with van der Waals surface area (Å²) in [6.45, 7) is -0.993. The fraction of sp³-hybridized carbons (Fsp3) is 0.667. The molecule has 66 valence electrons. The fourth-order valence-electron chi connectivity index (χ4n) is 0.236. The molecule has 1 unspecified atom stereocenters. The van der Waals surface area contributed by atoms with E-state index in [2.05, 4.69) is 4.52 Å². The Morgan fingerprint density at radius 1 is 1.73 bits per heavy atom. The number of aliphatic carboxylic acids is 1. The molecule has 2 atom stereocenters. The molecule has 0 aliphatic heterocycles. The second-order valence-electron chi connectivity index (χ2n) is 1.62. The van der Waals surface area contributed by atoms with Crippen molar-refractivity contribution >= 4 is 13.8 Å². The van der Waals surface area contributed by atoms with E-state index < -0.39 is 26.5 Å². The van der Waals surface area contributed by atoms with E-state index in [4.69, 9.17) is 15.1 Å². The van der Waals surface area contributed by atoms with E-state index in [1.54, 1.807) is 0 Å². The molecule has 11 heavy (non-hydrogen) atoms. The Hall–Kier alpha value is -0.460. The van der Waals surface area contributed by atoms with Crippen molar-refractivity contribution in [3.8, 4) is 0 Å². The maximum atomic E-state index is 9.82. The highest BCUT2D eigenvalue weighted by atomic mass is 31.2. The lowest BCUT2D eigenvalue weighted by molar-refractivity contribution is -0.221. The Labute approximate surface area is 61.5 Å². The number of carboxylic acid groups (broad SMARTS) is 1. The first-order valence-corrected chi connectivity index (χ1v) is 3.91. The highest BCUT2D eigenvalue weighted by Crippen LogP contribution is 2.29. The fourth-order valence-corrected chi connectivity index (χ4v) is 0.566. The minimum Gasteiger partial charge on any atom is -0.756 e. The molecule has 8 heteroatoms. The minimum absolute atomic E-state index is 0.993. The molecule has 0 rings (SSSR count). The SMILES string of the molecule is O=C(O)[C@H](O)COP(=O)([O-])O. The van der Waals surface area contributed by atoms with Crippen molar-refractivity contribution in [3.05, 3.63) is 0 Å². The van der Waals surface area contributed by atoms with Crippen LogP contribution in [0.25, 0.3) is 0 Å². The minimum atomic E-state index is -4.93. The maximum absolute atomic E-state index is 9.82. The van der Waals surface area contributed by atoms with E-state index in [-0.39, 0.29) is 0 Å². The number of carbonyl (C=O) groups is 1. The van der Waals surface area contributed by atoms with E-state index in [9.17, 15) is 14.3 Å². The van der Waals surface area contributed by atoms with Gasteiger partial charge in [-0.05, 0) is 0 Å². The average molecular weight is 185 g/mol. The molecule has 3 N–H and O–H groups in total. The van der Waals surface area contributed by atoms with E-state index in [0.717, 1.165) is 0 Å². The Morgan fingerprint density at radius 2 is 2.18 bits per heavy atom. The zero-order valence-electron chi connectivity index (χ0n) is 5.21. The van der Waals surface area contributed by atoms with Crippen LogP contribution >= 0.6 is 7.82 Å². The predicted molar refractivity (Wildman–Crippen MR) is 29.4 cm³/mol. The predicted octanol–water partition coefficient (Wildman–Crippen LogP) is -2.09. The van der Waals surface area contributed by atoms with Gasteiger partial charge in [0.1, 0.15) is 0 Å². The molecule has 0 fully saturated rings. The average Bonchev–Trinajstić information content (AvgIpc) is 1.80. The van der Waals surface area contributed by atoms with Gasteiger partial charge in [-0.15, -0.1) is 0 Å². The summed E-state index contributed by atoms with van der Waals surface area (Å²) in [5.41, 5.74) is 0. The molecule has 0 aromatic carbocycles. The summed E-state index contributed by atoms with van der Waals surface area (Å²) in [5, 5.41) is 16.4. The van der Waals surface area contributed by atoms with Crippen LogP contribution in [0.3, 0.4) is 0 Å². The number of phosphoric acid groups is 1. The van der Waals surface area contributed by atoms with E-state index in [1.807, 2.05) is 0 Å². The second kappa shape index (κ2) is 3.80. The first-order valence-electron chi connectivity index (χ1n) is 2.42. The van der Waals surface area contributed by atoms with Crippen molar-refractivity contribution in [1.29, 1.82) is 0 Å². The van der Waals surface area contributed by atoms with Crippen molar-refractivity contribution in [3.63, 3.8) is 0 Å². The molecule has 0 aliphatic rings. The van der Waals surface area contributed by atoms with Crippen LogP contribution in [0.2, 0.25) is 0 Å². The van der Waals surface area contributed by atoms with Crippen LogP contribution in [0.1, 0.15) is 0 Å². The molecule has 0 aliphatic carbocycles. The number of aliphatic hydroxyl groups is 1. The van der Waals surface area contributed by atoms with Gasteiger partial charge in [-0.1, -0.05) is 0 Å². The summed E-state index contributed by atoms with van der Waals surface area (Å²) in [5.74, 6) is -1.63. The smallest absolute Gasteiger partial charge is 0.334 e. The van der Waals surface area contributed by atoms with Crippen LogP contribution in [-0.4, -0.2) is 33.8 Å². The maximum Gasteiger partial charge on any atom is 0.334 e. The van der Waals surface area contributed by atoms with Crippen molar-refractivity contribution in [2.24, 2.45) is 0 Å². The lowest BCUT2D eigenvalue weighted by atomic mass is 10.4. The van der Waals surface area contributed by atoms with Gasteiger partial charge in [-0.2, -0.15) is 0 Å². The van der Waals surface area contributed by atoms with Crippen LogP contribution < -0.4 is 4.89 Å². The summed E-state index contributed by atoms with van der Waals surface area (Å²) in [4.78, 5) is 27.6. The molecule has 0 radical (unpaired) electrons. The second-order valence-corrected chi connectivity index (χ2v) is 2.81. The monoisotopic (exact) mass is 185 g/mol. The number of hydrogen-bond donors (Lipinski definition) is 3. The quantitative estimate of drug-likeness (QED) is 0.428. The molecule has 7 nitrogen and oxygen atoms in total. The van der Waals surface area contributed by atoms with Crippen molar-refractivity contribution in [2.75, 3.05) is 6.61 Å². The molecular weight excluding hydrogens is 179 g/mol. The Morgan fingerprint density at radius 3 is 2.45 bits per heavy atom. The number of phosphoric ester groups is 1. The molecule has 0 bridgehead atoms. The third kappa shape index (κ3) is 5.96. The summed E-state index contributed by atoms with van der Waals surface area (Å²) >= 11 is 0. The summed E-state index contributed by atoms with van der Waals surface area (Å²) in [6.07, 6.45) is -1.95. The third-order valence-corrected chi connectivity index (χ3v) is 1.16. The van der Waals surface area contributed by atoms with Crippen LogP contribution in [-0.2, 0) is 13.9 Å². The summed E-state index contributed by atoms with van der Waals surface area (Å²) in [7, 11) is -4.93. The van der Waals surface area contributed by atoms with Gasteiger partial charge >= 0.3 is 5.97 Å². The molecule has 0 aromatic rings. The Balaban J connectivity index is 3.72. The third-order valence-electron chi connectivity index (χ3n) is 0.681. The highest BCUT2D eigenvalue weighted by molar-refractivity contribution is 7.44. The molecule has 0 aromatic heterocycles. The topological polar surface area (TPSA) is 127 Å². The summed E-state index contributed by atoms with van der Waals surface area (Å²) in [6, 6.07) is 0. The van der Waals surface area contributed by atoms with Crippen molar-refractivity contribution < 1.29 is 33.9 Å². The van der Waals surface area contributed by atoms with Gasteiger partial charge in [0.25, 0.3) is 7.82 Å². The number of carboxylic acids is 1. The zero-order valence-corrected chi connectivity index (χ0v) is 6.10. The molecule has 0 amide bonds. The van der Waals surface area contributed by atoms with E-state index >= 15 is 0 Å². The lowest BCUT2D eigenvalue weighted by Crippen LogP contribution is -2.25. The van der Waals surface area contributed by atoms with Gasteiger partial charge in [0.05, 0.1) is 6.61 Å². The standard InChI is InChI=1S/C3H7O7P/c4-2(3(5)6)1-10-11(7,8)9/h2,4H,1H2,(H,5,6)(H2,7,8,9)/p-1/t2-/m1/s1. The van der Waals surface area contributed by atoms with Crippen LogP contribution in [0, 0.1) is 0 Å². The van der Waals surface area contributed by atoms with Gasteiger partial charge in [0.15, 0.2) is 6.10 Å². The summed E-state index contributed by atoms with van der Waals surface area (Å²) < 4.78 is 13.4. The van der Waals surface area contributed by atoms with Gasteiger partial charge in [-0.25, -0.2) is 4.79 Å². The molecule has 0 spiro atoms. The highest BCUT2D eigenvalue weighted by Gasteiger charge is 2.15. The van der Waals surface area contributed by atoms with Crippen LogP contribution in [0.5, 0.6) is 0 Å². The van der Waals surface area contributed by atoms with E-state index in [0.29, 0.717) is 0 Å². The molecule has 0 saturated heterocycles. The largest absolute Gasteiger partial charge is 0.756 e. The van der Waals surface area contributed by atoms with Gasteiger partial charge in [0.2, 0.25) is 0 Å².